The van der Waals surface area contributed by atoms with Crippen molar-refractivity contribution in [2.24, 2.45) is 5.92 Å². The zero-order valence-corrected chi connectivity index (χ0v) is 16.8. The van der Waals surface area contributed by atoms with Crippen LogP contribution >= 0.6 is 15.9 Å². The van der Waals surface area contributed by atoms with Crippen LogP contribution in [0.4, 0.5) is 5.69 Å². The van der Waals surface area contributed by atoms with Crippen LogP contribution in [-0.4, -0.2) is 61.4 Å². The number of piperidine rings is 1. The van der Waals surface area contributed by atoms with Gasteiger partial charge in [0.05, 0.1) is 5.92 Å². The molecular weight excluding hydrogens is 382 g/mol. The van der Waals surface area contributed by atoms with Crippen LogP contribution in [0.5, 0.6) is 0 Å². The van der Waals surface area contributed by atoms with Crippen molar-refractivity contribution < 1.29 is 9.59 Å². The van der Waals surface area contributed by atoms with Crippen LogP contribution in [0.15, 0.2) is 22.7 Å². The van der Waals surface area contributed by atoms with Crippen molar-refractivity contribution >= 4 is 33.4 Å². The zero-order valence-electron chi connectivity index (χ0n) is 15.2. The number of likely N-dealkylation sites (tertiary alicyclic amines) is 1. The Morgan fingerprint density at radius 2 is 1.96 bits per heavy atom. The van der Waals surface area contributed by atoms with Gasteiger partial charge in [-0.25, -0.2) is 0 Å². The van der Waals surface area contributed by atoms with Crippen molar-refractivity contribution in [2.45, 2.75) is 32.2 Å². The summed E-state index contributed by atoms with van der Waals surface area (Å²) in [5.41, 5.74) is 1.96. The summed E-state index contributed by atoms with van der Waals surface area (Å²) in [7, 11) is 4.01. The third kappa shape index (κ3) is 3.90. The summed E-state index contributed by atoms with van der Waals surface area (Å²) >= 11 is 3.49. The van der Waals surface area contributed by atoms with Crippen molar-refractivity contribution in [1.29, 1.82) is 0 Å². The van der Waals surface area contributed by atoms with Crippen molar-refractivity contribution in [3.8, 4) is 0 Å². The minimum atomic E-state index is -0.235. The summed E-state index contributed by atoms with van der Waals surface area (Å²) in [5, 5.41) is 0. The molecule has 0 saturated carbocycles. The fraction of sp³-hybridized carbons (Fsp3) is 0.579. The minimum Gasteiger partial charge on any atom is -0.342 e. The molecule has 0 aliphatic carbocycles. The van der Waals surface area contributed by atoms with Gasteiger partial charge in [0.2, 0.25) is 11.8 Å². The van der Waals surface area contributed by atoms with Gasteiger partial charge in [0.15, 0.2) is 0 Å². The van der Waals surface area contributed by atoms with Gasteiger partial charge in [0, 0.05) is 36.2 Å². The Morgan fingerprint density at radius 3 is 2.60 bits per heavy atom. The second-order valence-corrected chi connectivity index (χ2v) is 8.18. The SMILES string of the molecule is Cc1cc(N2CC(C(=O)N(C)C3CCN(C)CC3)CC2=O)ccc1Br. The van der Waals surface area contributed by atoms with Gasteiger partial charge in [-0.1, -0.05) is 15.9 Å². The number of rotatable bonds is 3. The Morgan fingerprint density at radius 1 is 1.28 bits per heavy atom. The normalized spacial score (nSPS) is 22.5. The smallest absolute Gasteiger partial charge is 0.228 e. The quantitative estimate of drug-likeness (QED) is 0.773. The summed E-state index contributed by atoms with van der Waals surface area (Å²) in [4.78, 5) is 31.3. The maximum absolute atomic E-state index is 12.9. The first-order chi connectivity index (χ1) is 11.9. The van der Waals surface area contributed by atoms with E-state index >= 15 is 0 Å². The molecule has 6 heteroatoms. The molecule has 2 aliphatic heterocycles. The predicted molar refractivity (Wildman–Crippen MR) is 103 cm³/mol. The first-order valence-corrected chi connectivity index (χ1v) is 9.68. The Balaban J connectivity index is 1.67. The van der Waals surface area contributed by atoms with Crippen molar-refractivity contribution in [3.05, 3.63) is 28.2 Å². The van der Waals surface area contributed by atoms with Crippen LogP contribution in [-0.2, 0) is 9.59 Å². The van der Waals surface area contributed by atoms with E-state index in [0.717, 1.165) is 41.7 Å². The maximum Gasteiger partial charge on any atom is 0.228 e. The Labute approximate surface area is 158 Å². The molecule has 2 fully saturated rings. The summed E-state index contributed by atoms with van der Waals surface area (Å²) in [6, 6.07) is 6.18. The van der Waals surface area contributed by atoms with Crippen LogP contribution in [0.2, 0.25) is 0 Å². The van der Waals surface area contributed by atoms with Crippen LogP contribution in [0, 0.1) is 12.8 Å². The number of hydrogen-bond donors (Lipinski definition) is 0. The third-order valence-corrected chi connectivity index (χ3v) is 6.40. The molecular formula is C19H26BrN3O2. The standard InChI is InChI=1S/C19H26BrN3O2/c1-13-10-16(4-5-17(13)20)23-12-14(11-18(23)24)19(25)22(3)15-6-8-21(2)9-7-15/h4-5,10,14-15H,6-9,11-12H2,1-3H3. The predicted octanol–water partition coefficient (Wildman–Crippen LogP) is 2.66. The van der Waals surface area contributed by atoms with E-state index in [1.165, 1.54) is 0 Å². The lowest BCUT2D eigenvalue weighted by Crippen LogP contribution is -2.46. The molecule has 2 aliphatic rings. The summed E-state index contributed by atoms with van der Waals surface area (Å²) < 4.78 is 1.03. The van der Waals surface area contributed by atoms with Crippen LogP contribution in [0.25, 0.3) is 0 Å². The summed E-state index contributed by atoms with van der Waals surface area (Å²) in [6.45, 7) is 4.53. The van der Waals surface area contributed by atoms with Crippen molar-refractivity contribution in [2.75, 3.05) is 38.6 Å². The van der Waals surface area contributed by atoms with Crippen LogP contribution < -0.4 is 4.90 Å². The minimum absolute atomic E-state index is 0.0387. The van der Waals surface area contributed by atoms with E-state index in [-0.39, 0.29) is 17.7 Å². The number of nitrogens with zero attached hydrogens (tertiary/aromatic N) is 3. The molecule has 25 heavy (non-hydrogen) atoms. The average molecular weight is 408 g/mol. The van der Waals surface area contributed by atoms with E-state index in [2.05, 4.69) is 27.9 Å². The van der Waals surface area contributed by atoms with Crippen molar-refractivity contribution in [3.63, 3.8) is 0 Å². The second kappa shape index (κ2) is 7.46. The van der Waals surface area contributed by atoms with Crippen LogP contribution in [0.3, 0.4) is 0 Å². The Kier molecular flexibility index (Phi) is 5.49. The Hall–Kier alpha value is -1.40. The van der Waals surface area contributed by atoms with Gasteiger partial charge in [-0.2, -0.15) is 0 Å². The van der Waals surface area contributed by atoms with E-state index in [4.69, 9.17) is 0 Å². The molecule has 0 N–H and O–H groups in total. The number of aryl methyl sites for hydroxylation is 1. The van der Waals surface area contributed by atoms with E-state index in [1.54, 1.807) is 4.90 Å². The highest BCUT2D eigenvalue weighted by Crippen LogP contribution is 2.30. The van der Waals surface area contributed by atoms with Crippen LogP contribution in [0.1, 0.15) is 24.8 Å². The van der Waals surface area contributed by atoms with Gasteiger partial charge >= 0.3 is 0 Å². The molecule has 5 nitrogen and oxygen atoms in total. The van der Waals surface area contributed by atoms with Gasteiger partial charge in [-0.05, 0) is 63.7 Å². The maximum atomic E-state index is 12.9. The highest BCUT2D eigenvalue weighted by Gasteiger charge is 2.38. The molecule has 3 rings (SSSR count). The highest BCUT2D eigenvalue weighted by molar-refractivity contribution is 9.10. The van der Waals surface area contributed by atoms with E-state index in [0.29, 0.717) is 19.0 Å². The molecule has 2 amide bonds. The molecule has 2 saturated heterocycles. The van der Waals surface area contributed by atoms with Gasteiger partial charge < -0.3 is 14.7 Å². The summed E-state index contributed by atoms with van der Waals surface area (Å²) in [5.74, 6) is -0.0859. The molecule has 136 valence electrons. The van der Waals surface area contributed by atoms with Gasteiger partial charge in [0.1, 0.15) is 0 Å². The number of benzene rings is 1. The fourth-order valence-corrected chi connectivity index (χ4v) is 4.02. The first kappa shape index (κ1) is 18.4. The third-order valence-electron chi connectivity index (χ3n) is 5.51. The number of anilines is 1. The fourth-order valence-electron chi connectivity index (χ4n) is 3.77. The average Bonchev–Trinajstić information content (AvgIpc) is 2.98. The number of carbonyl (C=O) groups is 2. The van der Waals surface area contributed by atoms with Gasteiger partial charge in [-0.3, -0.25) is 9.59 Å². The van der Waals surface area contributed by atoms with Crippen molar-refractivity contribution in [1.82, 2.24) is 9.80 Å². The number of halogens is 1. The van der Waals surface area contributed by atoms with E-state index in [9.17, 15) is 9.59 Å². The van der Waals surface area contributed by atoms with Gasteiger partial charge in [0.25, 0.3) is 0 Å². The highest BCUT2D eigenvalue weighted by atomic mass is 79.9. The number of hydrogen-bond acceptors (Lipinski definition) is 3. The monoisotopic (exact) mass is 407 g/mol. The zero-order chi connectivity index (χ0) is 18.1. The number of amides is 2. The van der Waals surface area contributed by atoms with E-state index < -0.39 is 0 Å². The molecule has 1 aromatic rings. The Bertz CT molecular complexity index is 671. The molecule has 1 unspecified atom stereocenters. The molecule has 0 spiro atoms. The molecule has 0 radical (unpaired) electrons. The second-order valence-electron chi connectivity index (χ2n) is 7.32. The lowest BCUT2D eigenvalue weighted by Gasteiger charge is -2.36. The molecule has 1 atom stereocenters. The lowest BCUT2D eigenvalue weighted by molar-refractivity contribution is -0.137. The molecule has 0 aromatic heterocycles. The lowest BCUT2D eigenvalue weighted by atomic mass is 10.0. The number of carbonyl (C=O) groups excluding carboxylic acids is 2. The molecule has 0 bridgehead atoms. The first-order valence-electron chi connectivity index (χ1n) is 8.88. The topological polar surface area (TPSA) is 43.9 Å². The van der Waals surface area contributed by atoms with Gasteiger partial charge in [-0.15, -0.1) is 0 Å². The summed E-state index contributed by atoms with van der Waals surface area (Å²) in [6.07, 6.45) is 2.33. The molecule has 1 aromatic carbocycles. The largest absolute Gasteiger partial charge is 0.342 e. The molecule has 2 heterocycles. The van der Waals surface area contributed by atoms with E-state index in [1.807, 2.05) is 37.1 Å².